The highest BCUT2D eigenvalue weighted by molar-refractivity contribution is 9.10. The van der Waals surface area contributed by atoms with Gasteiger partial charge in [0.2, 0.25) is 0 Å². The van der Waals surface area contributed by atoms with Gasteiger partial charge in [-0.05, 0) is 73.1 Å². The number of piperidine rings is 1. The monoisotopic (exact) mass is 323 g/mol. The van der Waals surface area contributed by atoms with Crippen molar-refractivity contribution in [3.05, 3.63) is 22.3 Å². The third-order valence-electron chi connectivity index (χ3n) is 4.45. The molecular formula is C15H22BrN3. The molecule has 1 aromatic rings. The number of nitrogens with zero attached hydrogens (tertiary/aromatic N) is 2. The van der Waals surface area contributed by atoms with Crippen LogP contribution in [0.4, 0.5) is 5.82 Å². The molecule has 0 bridgehead atoms. The van der Waals surface area contributed by atoms with Crippen molar-refractivity contribution in [1.29, 1.82) is 0 Å². The maximum Gasteiger partial charge on any atom is 0.143 e. The first kappa shape index (κ1) is 13.4. The van der Waals surface area contributed by atoms with E-state index in [1.807, 2.05) is 6.20 Å². The smallest absolute Gasteiger partial charge is 0.143 e. The van der Waals surface area contributed by atoms with E-state index in [0.717, 1.165) is 12.4 Å². The second-order valence-electron chi connectivity index (χ2n) is 5.72. The van der Waals surface area contributed by atoms with E-state index in [1.165, 1.54) is 48.7 Å². The van der Waals surface area contributed by atoms with Crippen LogP contribution in [-0.2, 0) is 0 Å². The highest BCUT2D eigenvalue weighted by atomic mass is 79.9. The Morgan fingerprint density at radius 3 is 3.00 bits per heavy atom. The molecule has 3 rings (SSSR count). The Morgan fingerprint density at radius 1 is 1.32 bits per heavy atom. The average Bonchev–Trinajstić information content (AvgIpc) is 2.96. The molecule has 0 aliphatic carbocycles. The molecule has 0 spiro atoms. The Labute approximate surface area is 123 Å². The van der Waals surface area contributed by atoms with E-state index in [1.54, 1.807) is 0 Å². The van der Waals surface area contributed by atoms with Crippen LogP contribution in [0.25, 0.3) is 0 Å². The van der Waals surface area contributed by atoms with E-state index in [-0.39, 0.29) is 0 Å². The fraction of sp³-hybridized carbons (Fsp3) is 0.667. The summed E-state index contributed by atoms with van der Waals surface area (Å²) in [7, 11) is 0. The lowest BCUT2D eigenvalue weighted by molar-refractivity contribution is 0.376. The minimum Gasteiger partial charge on any atom is -0.351 e. The van der Waals surface area contributed by atoms with Gasteiger partial charge < -0.3 is 10.2 Å². The van der Waals surface area contributed by atoms with Crippen molar-refractivity contribution in [3.8, 4) is 0 Å². The van der Waals surface area contributed by atoms with Gasteiger partial charge >= 0.3 is 0 Å². The summed E-state index contributed by atoms with van der Waals surface area (Å²) in [6.45, 7) is 4.46. The first-order valence-corrected chi connectivity index (χ1v) is 8.18. The summed E-state index contributed by atoms with van der Waals surface area (Å²) in [5, 5.41) is 3.68. The Morgan fingerprint density at radius 2 is 2.21 bits per heavy atom. The van der Waals surface area contributed by atoms with Crippen molar-refractivity contribution in [2.75, 3.05) is 18.0 Å². The summed E-state index contributed by atoms with van der Waals surface area (Å²) < 4.78 is 1.17. The van der Waals surface area contributed by atoms with Gasteiger partial charge in [-0.3, -0.25) is 0 Å². The fourth-order valence-electron chi connectivity index (χ4n) is 3.40. The molecule has 2 fully saturated rings. The van der Waals surface area contributed by atoms with Crippen molar-refractivity contribution < 1.29 is 0 Å². The van der Waals surface area contributed by atoms with Crippen LogP contribution in [0.3, 0.4) is 0 Å². The third kappa shape index (κ3) is 2.65. The summed E-state index contributed by atoms with van der Waals surface area (Å²) in [5.41, 5.74) is 1.27. The number of aryl methyl sites for hydroxylation is 1. The van der Waals surface area contributed by atoms with E-state index >= 15 is 0 Å². The Hall–Kier alpha value is -0.610. The lowest BCUT2D eigenvalue weighted by Gasteiger charge is -2.40. The standard InChI is InChI=1S/C15H22BrN3/c1-11-7-9-18-15(14(11)16)19-10-3-2-6-13(19)12-5-4-8-17-12/h7,9,12-13,17H,2-6,8,10H2,1H3. The van der Waals surface area contributed by atoms with Crippen LogP contribution in [0, 0.1) is 6.92 Å². The van der Waals surface area contributed by atoms with Crippen molar-refractivity contribution in [3.63, 3.8) is 0 Å². The molecule has 1 N–H and O–H groups in total. The van der Waals surface area contributed by atoms with Crippen LogP contribution in [0.5, 0.6) is 0 Å². The van der Waals surface area contributed by atoms with Gasteiger partial charge in [0.15, 0.2) is 0 Å². The summed E-state index contributed by atoms with van der Waals surface area (Å²) >= 11 is 3.73. The second kappa shape index (κ2) is 5.80. The molecule has 104 valence electrons. The lowest BCUT2D eigenvalue weighted by atomic mass is 9.94. The average molecular weight is 324 g/mol. The van der Waals surface area contributed by atoms with Crippen LogP contribution in [0.2, 0.25) is 0 Å². The third-order valence-corrected chi connectivity index (χ3v) is 5.43. The number of aromatic nitrogens is 1. The summed E-state index contributed by atoms with van der Waals surface area (Å²) in [6, 6.07) is 3.33. The molecule has 4 heteroatoms. The maximum absolute atomic E-state index is 4.64. The maximum atomic E-state index is 4.64. The summed E-state index contributed by atoms with van der Waals surface area (Å²) in [6.07, 6.45) is 8.49. The Kier molecular flexibility index (Phi) is 4.08. The number of anilines is 1. The van der Waals surface area contributed by atoms with Gasteiger partial charge in [0.25, 0.3) is 0 Å². The van der Waals surface area contributed by atoms with Gasteiger partial charge in [-0.1, -0.05) is 0 Å². The van der Waals surface area contributed by atoms with Crippen LogP contribution in [0.15, 0.2) is 16.7 Å². The molecule has 19 heavy (non-hydrogen) atoms. The molecule has 3 heterocycles. The van der Waals surface area contributed by atoms with Gasteiger partial charge in [-0.25, -0.2) is 4.98 Å². The van der Waals surface area contributed by atoms with Gasteiger partial charge in [0, 0.05) is 24.8 Å². The van der Waals surface area contributed by atoms with Gasteiger partial charge in [0.05, 0.1) is 4.47 Å². The zero-order valence-corrected chi connectivity index (χ0v) is 13.1. The minimum absolute atomic E-state index is 0.613. The molecular weight excluding hydrogens is 302 g/mol. The van der Waals surface area contributed by atoms with Crippen molar-refractivity contribution >= 4 is 21.7 Å². The molecule has 0 amide bonds. The topological polar surface area (TPSA) is 28.2 Å². The molecule has 0 radical (unpaired) electrons. The van der Waals surface area contributed by atoms with Crippen LogP contribution in [-0.4, -0.2) is 30.2 Å². The van der Waals surface area contributed by atoms with E-state index in [2.05, 4.69) is 44.1 Å². The fourth-order valence-corrected chi connectivity index (χ4v) is 3.87. The normalized spacial score (nSPS) is 27.8. The summed E-state index contributed by atoms with van der Waals surface area (Å²) in [5.74, 6) is 1.14. The molecule has 2 aliphatic rings. The predicted molar refractivity (Wildman–Crippen MR) is 82.7 cm³/mol. The number of rotatable bonds is 2. The van der Waals surface area contributed by atoms with E-state index in [4.69, 9.17) is 0 Å². The van der Waals surface area contributed by atoms with E-state index in [9.17, 15) is 0 Å². The number of hydrogen-bond acceptors (Lipinski definition) is 3. The zero-order chi connectivity index (χ0) is 13.2. The van der Waals surface area contributed by atoms with Crippen molar-refractivity contribution in [2.45, 2.75) is 51.1 Å². The highest BCUT2D eigenvalue weighted by Gasteiger charge is 2.33. The van der Waals surface area contributed by atoms with Crippen LogP contribution < -0.4 is 10.2 Å². The van der Waals surface area contributed by atoms with E-state index < -0.39 is 0 Å². The molecule has 0 aromatic carbocycles. The largest absolute Gasteiger partial charge is 0.351 e. The molecule has 1 aromatic heterocycles. The quantitative estimate of drug-likeness (QED) is 0.905. The van der Waals surface area contributed by atoms with Gasteiger partial charge in [0.1, 0.15) is 5.82 Å². The SMILES string of the molecule is Cc1ccnc(N2CCCCC2C2CCCN2)c1Br. The lowest BCUT2D eigenvalue weighted by Crippen LogP contribution is -2.50. The Balaban J connectivity index is 1.89. The number of hydrogen-bond donors (Lipinski definition) is 1. The van der Waals surface area contributed by atoms with Crippen molar-refractivity contribution in [2.24, 2.45) is 0 Å². The van der Waals surface area contributed by atoms with Gasteiger partial charge in [-0.15, -0.1) is 0 Å². The summed E-state index contributed by atoms with van der Waals surface area (Å²) in [4.78, 5) is 7.17. The molecule has 2 atom stereocenters. The molecule has 3 nitrogen and oxygen atoms in total. The molecule has 2 saturated heterocycles. The molecule has 2 unspecified atom stereocenters. The predicted octanol–water partition coefficient (Wildman–Crippen LogP) is 3.26. The highest BCUT2D eigenvalue weighted by Crippen LogP contribution is 2.33. The van der Waals surface area contributed by atoms with Gasteiger partial charge in [-0.2, -0.15) is 0 Å². The van der Waals surface area contributed by atoms with Crippen LogP contribution in [0.1, 0.15) is 37.7 Å². The minimum atomic E-state index is 0.613. The number of nitrogens with one attached hydrogen (secondary N) is 1. The van der Waals surface area contributed by atoms with Crippen LogP contribution >= 0.6 is 15.9 Å². The number of pyridine rings is 1. The number of halogens is 1. The van der Waals surface area contributed by atoms with E-state index in [0.29, 0.717) is 12.1 Å². The Bertz CT molecular complexity index is 443. The first-order valence-electron chi connectivity index (χ1n) is 7.38. The molecule has 2 aliphatic heterocycles. The molecule has 0 saturated carbocycles. The first-order chi connectivity index (χ1) is 9.27. The van der Waals surface area contributed by atoms with Crippen molar-refractivity contribution in [1.82, 2.24) is 10.3 Å². The zero-order valence-electron chi connectivity index (χ0n) is 11.5. The second-order valence-corrected chi connectivity index (χ2v) is 6.52.